The highest BCUT2D eigenvalue weighted by atomic mass is 16.6. The number of nitrogens with one attached hydrogen (secondary N) is 1. The van der Waals surface area contributed by atoms with Crippen molar-refractivity contribution in [2.24, 2.45) is 0 Å². The Morgan fingerprint density at radius 3 is 2.76 bits per heavy atom. The summed E-state index contributed by atoms with van der Waals surface area (Å²) in [7, 11) is 1.50. The Bertz CT molecular complexity index is 1040. The molecule has 4 atom stereocenters. The van der Waals surface area contributed by atoms with E-state index in [4.69, 9.17) is 10.5 Å². The Balaban J connectivity index is 0.00000240. The number of aromatic nitrogens is 6. The lowest BCUT2D eigenvalue weighted by Crippen LogP contribution is -2.33. The molecule has 0 bridgehead atoms. The van der Waals surface area contributed by atoms with E-state index in [1.165, 1.54) is 35.0 Å². The summed E-state index contributed by atoms with van der Waals surface area (Å²) in [5, 5.41) is 36.1. The fourth-order valence-corrected chi connectivity index (χ4v) is 3.02. The number of amides is 1. The van der Waals surface area contributed by atoms with E-state index in [9.17, 15) is 20.1 Å². The maximum absolute atomic E-state index is 11.7. The molecule has 0 aromatic carbocycles. The van der Waals surface area contributed by atoms with Gasteiger partial charge in [-0.05, 0) is 0 Å². The monoisotopic (exact) mass is 408 g/mol. The lowest BCUT2D eigenvalue weighted by molar-refractivity contribution is -0.0511. The van der Waals surface area contributed by atoms with Gasteiger partial charge < -0.3 is 36.6 Å². The first-order valence-electron chi connectivity index (χ1n) is 8.34. The summed E-state index contributed by atoms with van der Waals surface area (Å²) in [6.45, 7) is -0.459. The molecule has 3 aromatic heterocycles. The Kier molecular flexibility index (Phi) is 5.45. The first-order valence-corrected chi connectivity index (χ1v) is 8.34. The van der Waals surface area contributed by atoms with Gasteiger partial charge in [-0.15, -0.1) is 0 Å². The van der Waals surface area contributed by atoms with Gasteiger partial charge in [0.2, 0.25) is 0 Å². The average Bonchev–Trinajstić information content (AvgIpc) is 3.40. The fraction of sp³-hybridized carbons (Fsp3) is 0.400. The molecule has 14 heteroatoms. The molecule has 4 heterocycles. The standard InChI is InChI=1S/C15H18N8O5.H2O/c1-17-13(27)6-2-19-23(3-6)15-20-11(16)8-12(21-15)22(5-18-8)14-10(26)9(25)7(4-24)28-14;/h2-3,5,7,9-10,14,24-26H,4H2,1H3,(H,17,27)(H2,16,20,21);1H2. The molecule has 1 aliphatic rings. The number of imidazole rings is 1. The number of rotatable bonds is 4. The summed E-state index contributed by atoms with van der Waals surface area (Å²) in [6.07, 6.45) is -0.418. The molecule has 1 fully saturated rings. The Morgan fingerprint density at radius 1 is 1.34 bits per heavy atom. The summed E-state index contributed by atoms with van der Waals surface area (Å²) >= 11 is 0. The zero-order valence-electron chi connectivity index (χ0n) is 15.2. The van der Waals surface area contributed by atoms with Gasteiger partial charge in [-0.25, -0.2) is 9.67 Å². The summed E-state index contributed by atoms with van der Waals surface area (Å²) in [4.78, 5) is 24.4. The minimum atomic E-state index is -1.31. The van der Waals surface area contributed by atoms with Crippen molar-refractivity contribution in [2.75, 3.05) is 19.4 Å². The van der Waals surface area contributed by atoms with E-state index in [1.54, 1.807) is 0 Å². The highest BCUT2D eigenvalue weighted by Crippen LogP contribution is 2.32. The summed E-state index contributed by atoms with van der Waals surface area (Å²) in [5.41, 5.74) is 6.78. The van der Waals surface area contributed by atoms with E-state index in [1.807, 2.05) is 0 Å². The minimum Gasteiger partial charge on any atom is -0.412 e. The Labute approximate surface area is 162 Å². The first-order chi connectivity index (χ1) is 13.4. The van der Waals surface area contributed by atoms with Crippen molar-refractivity contribution < 1.29 is 30.3 Å². The van der Waals surface area contributed by atoms with Crippen LogP contribution in [0.1, 0.15) is 16.6 Å². The van der Waals surface area contributed by atoms with Crippen LogP contribution in [0.25, 0.3) is 17.1 Å². The van der Waals surface area contributed by atoms with Gasteiger partial charge in [-0.1, -0.05) is 0 Å². The Morgan fingerprint density at radius 2 is 2.10 bits per heavy atom. The van der Waals surface area contributed by atoms with Gasteiger partial charge in [-0.2, -0.15) is 15.1 Å². The average molecular weight is 408 g/mol. The largest absolute Gasteiger partial charge is 0.412 e. The maximum Gasteiger partial charge on any atom is 0.254 e. The number of ether oxygens (including phenoxy) is 1. The molecule has 29 heavy (non-hydrogen) atoms. The molecule has 0 saturated carbocycles. The van der Waals surface area contributed by atoms with E-state index in [0.29, 0.717) is 5.56 Å². The van der Waals surface area contributed by atoms with Gasteiger partial charge in [0.05, 0.1) is 24.7 Å². The van der Waals surface area contributed by atoms with Crippen LogP contribution in [0.2, 0.25) is 0 Å². The van der Waals surface area contributed by atoms with Crippen molar-refractivity contribution >= 4 is 22.9 Å². The van der Waals surface area contributed by atoms with Crippen molar-refractivity contribution in [3.8, 4) is 5.95 Å². The molecule has 3 aromatic rings. The van der Waals surface area contributed by atoms with E-state index in [0.717, 1.165) is 0 Å². The molecule has 0 radical (unpaired) electrons. The molecule has 14 nitrogen and oxygen atoms in total. The lowest BCUT2D eigenvalue weighted by atomic mass is 10.1. The Hall–Kier alpha value is -3.17. The van der Waals surface area contributed by atoms with Crippen LogP contribution >= 0.6 is 0 Å². The number of fused-ring (bicyclic) bond motifs is 1. The van der Waals surface area contributed by atoms with Crippen LogP contribution in [-0.4, -0.2) is 88.0 Å². The second-order valence-corrected chi connectivity index (χ2v) is 6.21. The molecule has 1 saturated heterocycles. The minimum absolute atomic E-state index is 0. The quantitative estimate of drug-likeness (QED) is 0.290. The smallest absolute Gasteiger partial charge is 0.254 e. The van der Waals surface area contributed by atoms with Gasteiger partial charge in [0.15, 0.2) is 17.7 Å². The number of hydrogen-bond acceptors (Lipinski definition) is 10. The molecule has 4 rings (SSSR count). The molecule has 156 valence electrons. The van der Waals surface area contributed by atoms with Crippen LogP contribution in [0, 0.1) is 0 Å². The number of nitrogens with two attached hydrogens (primary N) is 1. The maximum atomic E-state index is 11.7. The van der Waals surface area contributed by atoms with Gasteiger partial charge >= 0.3 is 0 Å². The second-order valence-electron chi connectivity index (χ2n) is 6.21. The molecular weight excluding hydrogens is 388 g/mol. The molecular formula is C15H20N8O6. The number of anilines is 1. The predicted octanol–water partition coefficient (Wildman–Crippen LogP) is -3.26. The van der Waals surface area contributed by atoms with Gasteiger partial charge in [0, 0.05) is 13.2 Å². The normalized spacial score (nSPS) is 23.9. The molecule has 4 unspecified atom stereocenters. The van der Waals surface area contributed by atoms with Gasteiger partial charge in [0.1, 0.15) is 23.8 Å². The van der Waals surface area contributed by atoms with Crippen molar-refractivity contribution in [1.82, 2.24) is 34.6 Å². The third kappa shape index (κ3) is 3.28. The SMILES string of the molecule is CNC(=O)c1cnn(-c2nc(N)c3ncn(C4OC(CO)C(O)C4O)c3n2)c1.O. The van der Waals surface area contributed by atoms with Crippen molar-refractivity contribution in [3.63, 3.8) is 0 Å². The van der Waals surface area contributed by atoms with Crippen LogP contribution in [0.3, 0.4) is 0 Å². The van der Waals surface area contributed by atoms with E-state index >= 15 is 0 Å². The number of hydrogen-bond donors (Lipinski definition) is 5. The highest BCUT2D eigenvalue weighted by Gasteiger charge is 2.44. The van der Waals surface area contributed by atoms with Gasteiger partial charge in [-0.3, -0.25) is 9.36 Å². The number of carbonyl (C=O) groups is 1. The lowest BCUT2D eigenvalue weighted by Gasteiger charge is -2.16. The summed E-state index contributed by atoms with van der Waals surface area (Å²) in [6, 6.07) is 0. The number of nitrogen functional groups attached to an aromatic ring is 1. The third-order valence-corrected chi connectivity index (χ3v) is 4.50. The number of aliphatic hydroxyl groups is 3. The highest BCUT2D eigenvalue weighted by molar-refractivity contribution is 5.93. The zero-order chi connectivity index (χ0) is 20.0. The molecule has 0 spiro atoms. The molecule has 1 aliphatic heterocycles. The van der Waals surface area contributed by atoms with Crippen molar-refractivity contribution in [2.45, 2.75) is 24.5 Å². The molecule has 0 aliphatic carbocycles. The topological polar surface area (TPSA) is 218 Å². The van der Waals surface area contributed by atoms with E-state index in [2.05, 4.69) is 25.4 Å². The van der Waals surface area contributed by atoms with E-state index in [-0.39, 0.29) is 34.3 Å². The predicted molar refractivity (Wildman–Crippen MR) is 96.9 cm³/mol. The van der Waals surface area contributed by atoms with Crippen LogP contribution in [0.4, 0.5) is 5.82 Å². The summed E-state index contributed by atoms with van der Waals surface area (Å²) < 4.78 is 8.18. The number of nitrogens with zero attached hydrogens (tertiary/aromatic N) is 6. The fourth-order valence-electron chi connectivity index (χ4n) is 3.02. The molecule has 8 N–H and O–H groups in total. The summed E-state index contributed by atoms with van der Waals surface area (Å²) in [5.74, 6) is -0.187. The second kappa shape index (κ2) is 7.69. The van der Waals surface area contributed by atoms with Crippen molar-refractivity contribution in [3.05, 3.63) is 24.3 Å². The third-order valence-electron chi connectivity index (χ3n) is 4.50. The zero-order valence-corrected chi connectivity index (χ0v) is 15.2. The molecule has 1 amide bonds. The number of carbonyl (C=O) groups excluding carboxylic acids is 1. The number of aliphatic hydroxyl groups excluding tert-OH is 3. The first kappa shape index (κ1) is 20.6. The van der Waals surface area contributed by atoms with Crippen LogP contribution in [-0.2, 0) is 4.74 Å². The van der Waals surface area contributed by atoms with Crippen LogP contribution in [0.5, 0.6) is 0 Å². The van der Waals surface area contributed by atoms with Crippen molar-refractivity contribution in [1.29, 1.82) is 0 Å². The van der Waals surface area contributed by atoms with Crippen LogP contribution < -0.4 is 11.1 Å². The van der Waals surface area contributed by atoms with E-state index < -0.39 is 31.1 Å². The van der Waals surface area contributed by atoms with Crippen LogP contribution in [0.15, 0.2) is 18.7 Å². The van der Waals surface area contributed by atoms with Gasteiger partial charge in [0.25, 0.3) is 11.9 Å².